The van der Waals surface area contributed by atoms with Crippen LogP contribution >= 0.6 is 0 Å². The molecule has 0 fully saturated rings. The molecule has 0 radical (unpaired) electrons. The van der Waals surface area contributed by atoms with Crippen molar-refractivity contribution >= 4 is 17.6 Å². The van der Waals surface area contributed by atoms with Crippen LogP contribution in [0.4, 0.5) is 5.69 Å². The van der Waals surface area contributed by atoms with Crippen molar-refractivity contribution in [1.29, 1.82) is 0 Å². The normalized spacial score (nSPS) is 11.5. The van der Waals surface area contributed by atoms with Crippen LogP contribution in [-0.2, 0) is 9.53 Å². The molecule has 5 nitrogen and oxygen atoms in total. The maximum Gasteiger partial charge on any atom is 0.340 e. The minimum absolute atomic E-state index is 0.319. The number of hydrogen-bond donors (Lipinski definition) is 1. The number of ether oxygens (including phenoxy) is 1. The van der Waals surface area contributed by atoms with Crippen molar-refractivity contribution in [3.63, 3.8) is 0 Å². The maximum absolute atomic E-state index is 11.9. The number of para-hydroxylation sites is 1. The zero-order chi connectivity index (χ0) is 15.2. The van der Waals surface area contributed by atoms with E-state index in [0.717, 1.165) is 5.69 Å². The molecule has 1 aromatic heterocycles. The lowest BCUT2D eigenvalue weighted by Crippen LogP contribution is -2.30. The first kappa shape index (κ1) is 14.7. The lowest BCUT2D eigenvalue weighted by atomic mass is 10.2. The van der Waals surface area contributed by atoms with Crippen molar-refractivity contribution in [3.05, 3.63) is 59.9 Å². The lowest BCUT2D eigenvalue weighted by molar-refractivity contribution is -0.123. The van der Waals surface area contributed by atoms with Crippen LogP contribution in [0.15, 0.2) is 48.7 Å². The van der Waals surface area contributed by atoms with Gasteiger partial charge in [0.25, 0.3) is 5.91 Å². The fourth-order valence-electron chi connectivity index (χ4n) is 1.64. The van der Waals surface area contributed by atoms with E-state index in [1.54, 1.807) is 24.3 Å². The molecule has 1 amide bonds. The average Bonchev–Trinajstić information content (AvgIpc) is 2.48. The van der Waals surface area contributed by atoms with Crippen molar-refractivity contribution < 1.29 is 14.3 Å². The monoisotopic (exact) mass is 284 g/mol. The fraction of sp³-hybridized carbons (Fsp3) is 0.188. The Morgan fingerprint density at radius 3 is 2.48 bits per heavy atom. The first-order valence-electron chi connectivity index (χ1n) is 6.56. The zero-order valence-corrected chi connectivity index (χ0v) is 11.9. The predicted octanol–water partition coefficient (Wildman–Crippen LogP) is 2.57. The minimum atomic E-state index is -0.890. The van der Waals surface area contributed by atoms with Gasteiger partial charge in [0.15, 0.2) is 6.10 Å². The molecule has 5 heteroatoms. The molecule has 1 N–H and O–H groups in total. The summed E-state index contributed by atoms with van der Waals surface area (Å²) in [5, 5.41) is 2.68. The van der Waals surface area contributed by atoms with E-state index in [2.05, 4.69) is 10.3 Å². The number of carbonyl (C=O) groups excluding carboxylic acids is 2. The second kappa shape index (κ2) is 6.65. The van der Waals surface area contributed by atoms with E-state index in [9.17, 15) is 9.59 Å². The summed E-state index contributed by atoms with van der Waals surface area (Å²) in [6.45, 7) is 3.35. The Bertz CT molecular complexity index is 624. The van der Waals surface area contributed by atoms with E-state index in [4.69, 9.17) is 4.74 Å². The highest BCUT2D eigenvalue weighted by Gasteiger charge is 2.19. The lowest BCUT2D eigenvalue weighted by Gasteiger charge is -2.13. The van der Waals surface area contributed by atoms with Crippen LogP contribution in [0.1, 0.15) is 23.0 Å². The zero-order valence-electron chi connectivity index (χ0n) is 11.9. The summed E-state index contributed by atoms with van der Waals surface area (Å²) in [6, 6.07) is 12.3. The molecule has 108 valence electrons. The number of aromatic nitrogens is 1. The molecule has 2 aromatic rings. The number of rotatable bonds is 4. The Balaban J connectivity index is 1.94. The van der Waals surface area contributed by atoms with Crippen molar-refractivity contribution in [2.45, 2.75) is 20.0 Å². The number of carbonyl (C=O) groups is 2. The quantitative estimate of drug-likeness (QED) is 0.876. The molecular weight excluding hydrogens is 268 g/mol. The van der Waals surface area contributed by atoms with Crippen molar-refractivity contribution in [1.82, 2.24) is 4.98 Å². The van der Waals surface area contributed by atoms with Crippen LogP contribution in [0, 0.1) is 6.92 Å². The van der Waals surface area contributed by atoms with E-state index in [-0.39, 0.29) is 5.91 Å². The van der Waals surface area contributed by atoms with Crippen LogP contribution in [0.5, 0.6) is 0 Å². The Hall–Kier alpha value is -2.69. The molecule has 0 aliphatic carbocycles. The number of aryl methyl sites for hydroxylation is 1. The highest BCUT2D eigenvalue weighted by molar-refractivity contribution is 5.97. The molecule has 0 saturated heterocycles. The molecule has 1 atom stereocenters. The molecule has 1 unspecified atom stereocenters. The number of esters is 1. The smallest absolute Gasteiger partial charge is 0.340 e. The van der Waals surface area contributed by atoms with Crippen LogP contribution in [0.25, 0.3) is 0 Å². The number of nitrogens with zero attached hydrogens (tertiary/aromatic N) is 1. The van der Waals surface area contributed by atoms with Gasteiger partial charge in [0, 0.05) is 17.6 Å². The van der Waals surface area contributed by atoms with Crippen molar-refractivity contribution in [2.75, 3.05) is 5.32 Å². The summed E-state index contributed by atoms with van der Waals surface area (Å²) < 4.78 is 5.12. The Morgan fingerprint density at radius 2 is 1.86 bits per heavy atom. The molecular formula is C16H16N2O3. The summed E-state index contributed by atoms with van der Waals surface area (Å²) in [5.41, 5.74) is 1.78. The highest BCUT2D eigenvalue weighted by Crippen LogP contribution is 2.08. The molecule has 0 aliphatic rings. The van der Waals surface area contributed by atoms with Gasteiger partial charge >= 0.3 is 5.97 Å². The Morgan fingerprint density at radius 1 is 1.14 bits per heavy atom. The first-order valence-corrected chi connectivity index (χ1v) is 6.56. The van der Waals surface area contributed by atoms with Gasteiger partial charge < -0.3 is 10.1 Å². The van der Waals surface area contributed by atoms with E-state index >= 15 is 0 Å². The number of nitrogens with one attached hydrogen (secondary N) is 1. The van der Waals surface area contributed by atoms with E-state index in [1.165, 1.54) is 13.1 Å². The Kier molecular flexibility index (Phi) is 4.66. The number of anilines is 1. The van der Waals surface area contributed by atoms with Gasteiger partial charge in [-0.05, 0) is 38.1 Å². The standard InChI is InChI=1S/C16H16N2O3/c1-11-8-9-13(10-17-11)16(20)21-12(2)15(19)18-14-6-4-3-5-7-14/h3-10,12H,1-2H3,(H,18,19). The Labute approximate surface area is 123 Å². The van der Waals surface area contributed by atoms with Crippen LogP contribution in [0.3, 0.4) is 0 Å². The summed E-state index contributed by atoms with van der Waals surface area (Å²) in [7, 11) is 0. The van der Waals surface area contributed by atoms with Gasteiger partial charge in [-0.1, -0.05) is 18.2 Å². The fourth-order valence-corrected chi connectivity index (χ4v) is 1.64. The van der Waals surface area contributed by atoms with Crippen LogP contribution in [-0.4, -0.2) is 23.0 Å². The van der Waals surface area contributed by atoms with E-state index < -0.39 is 12.1 Å². The second-order valence-electron chi connectivity index (χ2n) is 4.59. The van der Waals surface area contributed by atoms with E-state index in [1.807, 2.05) is 25.1 Å². The number of benzene rings is 1. The summed E-state index contributed by atoms with van der Waals surface area (Å²) in [5.74, 6) is -0.951. The van der Waals surface area contributed by atoms with Gasteiger partial charge in [0.05, 0.1) is 5.56 Å². The van der Waals surface area contributed by atoms with Crippen molar-refractivity contribution in [3.8, 4) is 0 Å². The van der Waals surface area contributed by atoms with Gasteiger partial charge in [0.2, 0.25) is 0 Å². The number of pyridine rings is 1. The van der Waals surface area contributed by atoms with Gasteiger partial charge in [-0.2, -0.15) is 0 Å². The number of amides is 1. The average molecular weight is 284 g/mol. The summed E-state index contributed by atoms with van der Waals surface area (Å²) in [6.07, 6.45) is 0.540. The van der Waals surface area contributed by atoms with Crippen LogP contribution in [0.2, 0.25) is 0 Å². The largest absolute Gasteiger partial charge is 0.449 e. The minimum Gasteiger partial charge on any atom is -0.449 e. The molecule has 0 bridgehead atoms. The van der Waals surface area contributed by atoms with Crippen molar-refractivity contribution in [2.24, 2.45) is 0 Å². The number of hydrogen-bond acceptors (Lipinski definition) is 4. The van der Waals surface area contributed by atoms with Gasteiger partial charge in [0.1, 0.15) is 0 Å². The van der Waals surface area contributed by atoms with E-state index in [0.29, 0.717) is 11.3 Å². The predicted molar refractivity (Wildman–Crippen MR) is 78.9 cm³/mol. The molecule has 1 aromatic carbocycles. The van der Waals surface area contributed by atoms with Gasteiger partial charge in [-0.3, -0.25) is 9.78 Å². The molecule has 2 rings (SSSR count). The highest BCUT2D eigenvalue weighted by atomic mass is 16.5. The SMILES string of the molecule is Cc1ccc(C(=O)OC(C)C(=O)Nc2ccccc2)cn1. The van der Waals surface area contributed by atoms with Gasteiger partial charge in [-0.25, -0.2) is 4.79 Å². The molecule has 0 saturated carbocycles. The second-order valence-corrected chi connectivity index (χ2v) is 4.59. The first-order chi connectivity index (χ1) is 10.1. The third-order valence-corrected chi connectivity index (χ3v) is 2.84. The maximum atomic E-state index is 11.9. The topological polar surface area (TPSA) is 68.3 Å². The summed E-state index contributed by atoms with van der Waals surface area (Å²) >= 11 is 0. The molecule has 1 heterocycles. The third-order valence-electron chi connectivity index (χ3n) is 2.84. The molecule has 21 heavy (non-hydrogen) atoms. The molecule has 0 aliphatic heterocycles. The third kappa shape index (κ3) is 4.14. The van der Waals surface area contributed by atoms with Gasteiger partial charge in [-0.15, -0.1) is 0 Å². The molecule has 0 spiro atoms. The summed E-state index contributed by atoms with van der Waals surface area (Å²) in [4.78, 5) is 27.8. The van der Waals surface area contributed by atoms with Crippen LogP contribution < -0.4 is 5.32 Å².